The minimum absolute atomic E-state index is 0.0262. The fourth-order valence-corrected chi connectivity index (χ4v) is 1.29. The predicted molar refractivity (Wildman–Crippen MR) is 55.0 cm³/mol. The molecule has 0 bridgehead atoms. The Kier molecular flexibility index (Phi) is 3.93. The van der Waals surface area contributed by atoms with Gasteiger partial charge in [0, 0.05) is 12.2 Å². The zero-order valence-corrected chi connectivity index (χ0v) is 8.95. The lowest BCUT2D eigenvalue weighted by atomic mass is 10.2. The summed E-state index contributed by atoms with van der Waals surface area (Å²) in [5.41, 5.74) is -0.0262. The van der Waals surface area contributed by atoms with E-state index in [2.05, 4.69) is 10.3 Å². The van der Waals surface area contributed by atoms with Gasteiger partial charge in [-0.05, 0) is 19.1 Å². The van der Waals surface area contributed by atoms with Gasteiger partial charge in [-0.2, -0.15) is 13.2 Å². The molecule has 1 aromatic rings. The molecular formula is C10H11F3N2O2. The van der Waals surface area contributed by atoms with E-state index >= 15 is 0 Å². The number of carboxylic acid groups (broad SMARTS) is 1. The molecule has 0 spiro atoms. The average molecular weight is 248 g/mol. The van der Waals surface area contributed by atoms with Crippen LogP contribution in [0.4, 0.5) is 19.0 Å². The molecule has 1 atom stereocenters. The van der Waals surface area contributed by atoms with Crippen molar-refractivity contribution >= 4 is 11.8 Å². The first kappa shape index (κ1) is 13.3. The van der Waals surface area contributed by atoms with Gasteiger partial charge in [0.2, 0.25) is 0 Å². The van der Waals surface area contributed by atoms with Crippen LogP contribution in [0.1, 0.15) is 23.7 Å². The van der Waals surface area contributed by atoms with E-state index in [0.29, 0.717) is 0 Å². The number of nitrogens with one attached hydrogen (secondary N) is 1. The maximum atomic E-state index is 12.1. The smallest absolute Gasteiger partial charge is 0.391 e. The van der Waals surface area contributed by atoms with Crippen molar-refractivity contribution in [2.45, 2.75) is 25.6 Å². The van der Waals surface area contributed by atoms with Gasteiger partial charge in [0.15, 0.2) is 0 Å². The molecular weight excluding hydrogens is 237 g/mol. The molecule has 7 heteroatoms. The molecule has 0 aliphatic heterocycles. The Hall–Kier alpha value is -1.79. The Balaban J connectivity index is 2.68. The number of aromatic carboxylic acids is 1. The number of hydrogen-bond donors (Lipinski definition) is 2. The van der Waals surface area contributed by atoms with Crippen molar-refractivity contribution in [1.82, 2.24) is 4.98 Å². The zero-order valence-electron chi connectivity index (χ0n) is 8.95. The Bertz CT molecular complexity index is 407. The normalized spacial score (nSPS) is 13.2. The number of halogens is 3. The van der Waals surface area contributed by atoms with E-state index in [9.17, 15) is 18.0 Å². The summed E-state index contributed by atoms with van der Waals surface area (Å²) in [6.07, 6.45) is -4.05. The van der Waals surface area contributed by atoms with Crippen molar-refractivity contribution in [2.75, 3.05) is 5.32 Å². The van der Waals surface area contributed by atoms with Crippen LogP contribution < -0.4 is 5.32 Å². The van der Waals surface area contributed by atoms with Gasteiger partial charge in [-0.25, -0.2) is 9.78 Å². The molecule has 94 valence electrons. The van der Waals surface area contributed by atoms with Crippen LogP contribution in [0.5, 0.6) is 0 Å². The summed E-state index contributed by atoms with van der Waals surface area (Å²) in [7, 11) is 0. The van der Waals surface area contributed by atoms with E-state index in [-0.39, 0.29) is 11.4 Å². The first-order valence-electron chi connectivity index (χ1n) is 4.80. The van der Waals surface area contributed by atoms with Crippen LogP contribution in [0.25, 0.3) is 0 Å². The second-order valence-corrected chi connectivity index (χ2v) is 3.60. The first-order valence-corrected chi connectivity index (χ1v) is 4.80. The highest BCUT2D eigenvalue weighted by molar-refractivity contribution is 5.88. The van der Waals surface area contributed by atoms with Crippen molar-refractivity contribution in [3.63, 3.8) is 0 Å². The lowest BCUT2D eigenvalue weighted by molar-refractivity contribution is -0.136. The number of carboxylic acids is 1. The van der Waals surface area contributed by atoms with E-state index in [1.807, 2.05) is 0 Å². The van der Waals surface area contributed by atoms with Gasteiger partial charge >= 0.3 is 12.1 Å². The van der Waals surface area contributed by atoms with Crippen LogP contribution in [-0.2, 0) is 0 Å². The number of carbonyl (C=O) groups is 1. The number of pyridine rings is 1. The van der Waals surface area contributed by atoms with Crippen molar-refractivity contribution < 1.29 is 23.1 Å². The topological polar surface area (TPSA) is 62.2 Å². The minimum atomic E-state index is -4.27. The van der Waals surface area contributed by atoms with Gasteiger partial charge in [-0.15, -0.1) is 0 Å². The molecule has 0 aliphatic rings. The maximum absolute atomic E-state index is 12.1. The number of hydrogen-bond acceptors (Lipinski definition) is 3. The summed E-state index contributed by atoms with van der Waals surface area (Å²) in [4.78, 5) is 14.4. The van der Waals surface area contributed by atoms with Gasteiger partial charge in [-0.1, -0.05) is 0 Å². The Morgan fingerprint density at radius 3 is 2.76 bits per heavy atom. The standard InChI is InChI=1S/C10H11F3N2O2/c1-6(5-10(11,12)13)15-8-4-7(9(16)17)2-3-14-8/h2-4,6H,5H2,1H3,(H,14,15)(H,16,17). The SMILES string of the molecule is CC(CC(F)(F)F)Nc1cc(C(=O)O)ccn1. The molecule has 0 radical (unpaired) electrons. The van der Waals surface area contributed by atoms with Gasteiger partial charge in [0.1, 0.15) is 5.82 Å². The first-order chi connectivity index (χ1) is 7.78. The van der Waals surface area contributed by atoms with Crippen molar-refractivity contribution in [1.29, 1.82) is 0 Å². The van der Waals surface area contributed by atoms with Gasteiger partial charge in [0.05, 0.1) is 12.0 Å². The zero-order chi connectivity index (χ0) is 13.1. The van der Waals surface area contributed by atoms with Gasteiger partial charge in [-0.3, -0.25) is 0 Å². The summed E-state index contributed by atoms with van der Waals surface area (Å²) in [6, 6.07) is 1.59. The Morgan fingerprint density at radius 1 is 1.59 bits per heavy atom. The molecule has 1 rings (SSSR count). The van der Waals surface area contributed by atoms with E-state index < -0.39 is 24.6 Å². The monoisotopic (exact) mass is 248 g/mol. The lowest BCUT2D eigenvalue weighted by Gasteiger charge is -2.16. The number of anilines is 1. The number of alkyl halides is 3. The third-order valence-electron chi connectivity index (χ3n) is 1.94. The van der Waals surface area contributed by atoms with E-state index in [1.165, 1.54) is 25.3 Å². The van der Waals surface area contributed by atoms with Crippen LogP contribution >= 0.6 is 0 Å². The van der Waals surface area contributed by atoms with Crippen molar-refractivity contribution in [2.24, 2.45) is 0 Å². The molecule has 0 amide bonds. The van der Waals surface area contributed by atoms with Crippen LogP contribution in [0.3, 0.4) is 0 Å². The Morgan fingerprint density at radius 2 is 2.24 bits per heavy atom. The quantitative estimate of drug-likeness (QED) is 0.859. The fraction of sp³-hybridized carbons (Fsp3) is 0.400. The van der Waals surface area contributed by atoms with Crippen molar-refractivity contribution in [3.8, 4) is 0 Å². The molecule has 0 saturated heterocycles. The molecule has 17 heavy (non-hydrogen) atoms. The maximum Gasteiger partial charge on any atom is 0.391 e. The molecule has 0 aliphatic carbocycles. The lowest BCUT2D eigenvalue weighted by Crippen LogP contribution is -2.24. The van der Waals surface area contributed by atoms with Gasteiger partial charge < -0.3 is 10.4 Å². The second kappa shape index (κ2) is 5.03. The summed E-state index contributed by atoms with van der Waals surface area (Å²) < 4.78 is 36.2. The highest BCUT2D eigenvalue weighted by Crippen LogP contribution is 2.22. The number of nitrogens with zero attached hydrogens (tertiary/aromatic N) is 1. The van der Waals surface area contributed by atoms with E-state index in [1.54, 1.807) is 0 Å². The van der Waals surface area contributed by atoms with Crippen LogP contribution in [0, 0.1) is 0 Å². The third-order valence-corrected chi connectivity index (χ3v) is 1.94. The summed E-state index contributed by atoms with van der Waals surface area (Å²) in [5.74, 6) is -1.04. The highest BCUT2D eigenvalue weighted by atomic mass is 19.4. The third kappa shape index (κ3) is 4.71. The summed E-state index contributed by atoms with van der Waals surface area (Å²) >= 11 is 0. The largest absolute Gasteiger partial charge is 0.478 e. The molecule has 1 aromatic heterocycles. The molecule has 2 N–H and O–H groups in total. The fourth-order valence-electron chi connectivity index (χ4n) is 1.29. The molecule has 1 heterocycles. The summed E-state index contributed by atoms with van der Waals surface area (Å²) in [6.45, 7) is 1.35. The van der Waals surface area contributed by atoms with Crippen LogP contribution in [0.2, 0.25) is 0 Å². The van der Waals surface area contributed by atoms with Crippen LogP contribution in [0.15, 0.2) is 18.3 Å². The second-order valence-electron chi connectivity index (χ2n) is 3.60. The molecule has 1 unspecified atom stereocenters. The molecule has 0 aromatic carbocycles. The molecule has 0 fully saturated rings. The molecule has 4 nitrogen and oxygen atoms in total. The Labute approximate surface area is 95.5 Å². The average Bonchev–Trinajstić information content (AvgIpc) is 2.14. The van der Waals surface area contributed by atoms with E-state index in [0.717, 1.165) is 0 Å². The number of aromatic nitrogens is 1. The number of rotatable bonds is 4. The van der Waals surface area contributed by atoms with Crippen LogP contribution in [-0.4, -0.2) is 28.3 Å². The highest BCUT2D eigenvalue weighted by Gasteiger charge is 2.30. The van der Waals surface area contributed by atoms with Crippen molar-refractivity contribution in [3.05, 3.63) is 23.9 Å². The minimum Gasteiger partial charge on any atom is -0.478 e. The van der Waals surface area contributed by atoms with Gasteiger partial charge in [0.25, 0.3) is 0 Å². The predicted octanol–water partition coefficient (Wildman–Crippen LogP) is 2.53. The molecule has 0 saturated carbocycles. The summed E-state index contributed by atoms with van der Waals surface area (Å²) in [5, 5.41) is 11.2. The van der Waals surface area contributed by atoms with E-state index in [4.69, 9.17) is 5.11 Å².